The van der Waals surface area contributed by atoms with Crippen LogP contribution in [0.1, 0.15) is 39.0 Å². The van der Waals surface area contributed by atoms with Gasteiger partial charge in [-0.2, -0.15) is 0 Å². The van der Waals surface area contributed by atoms with Gasteiger partial charge in [0.15, 0.2) is 0 Å². The summed E-state index contributed by atoms with van der Waals surface area (Å²) in [5.74, 6) is 0.769. The lowest BCUT2D eigenvalue weighted by Gasteiger charge is -2.31. The van der Waals surface area contributed by atoms with Gasteiger partial charge in [0, 0.05) is 11.6 Å². The first kappa shape index (κ1) is 11.1. The number of anilines is 1. The number of rotatable bonds is 2. The van der Waals surface area contributed by atoms with Crippen LogP contribution in [0.2, 0.25) is 0 Å². The van der Waals surface area contributed by atoms with E-state index in [1.54, 1.807) is 6.20 Å². The molecule has 1 aliphatic rings. The normalized spacial score (nSPS) is 19.1. The number of nitrogens with one attached hydrogen (secondary N) is 1. The van der Waals surface area contributed by atoms with Crippen molar-refractivity contribution in [1.29, 1.82) is 0 Å². The Kier molecular flexibility index (Phi) is 3.22. The van der Waals surface area contributed by atoms with Crippen LogP contribution in [0.3, 0.4) is 0 Å². The van der Waals surface area contributed by atoms with Crippen LogP contribution in [0.15, 0.2) is 24.4 Å². The molecule has 1 aromatic rings. The summed E-state index contributed by atoms with van der Waals surface area (Å²) in [6.07, 6.45) is 7.25. The van der Waals surface area contributed by atoms with Crippen LogP contribution in [0, 0.1) is 5.41 Å². The van der Waals surface area contributed by atoms with E-state index < -0.39 is 0 Å². The van der Waals surface area contributed by atoms with Crippen molar-refractivity contribution in [3.63, 3.8) is 0 Å². The van der Waals surface area contributed by atoms with Gasteiger partial charge in [0.2, 0.25) is 5.91 Å². The lowest BCUT2D eigenvalue weighted by Crippen LogP contribution is -2.35. The first-order valence-corrected chi connectivity index (χ1v) is 5.93. The fourth-order valence-electron chi connectivity index (χ4n) is 2.26. The van der Waals surface area contributed by atoms with Gasteiger partial charge in [-0.1, -0.05) is 32.3 Å². The number of carbonyl (C=O) groups excluding carboxylic acids is 1. The van der Waals surface area contributed by atoms with E-state index in [-0.39, 0.29) is 11.3 Å². The molecule has 2 rings (SSSR count). The molecule has 16 heavy (non-hydrogen) atoms. The smallest absolute Gasteiger partial charge is 0.231 e. The number of aromatic nitrogens is 1. The summed E-state index contributed by atoms with van der Waals surface area (Å²) < 4.78 is 0. The zero-order valence-corrected chi connectivity index (χ0v) is 9.70. The fourth-order valence-corrected chi connectivity index (χ4v) is 2.26. The zero-order chi connectivity index (χ0) is 11.4. The first-order chi connectivity index (χ1) is 7.71. The third-order valence-electron chi connectivity index (χ3n) is 3.41. The molecule has 0 spiro atoms. The average Bonchev–Trinajstić information content (AvgIpc) is 2.31. The van der Waals surface area contributed by atoms with E-state index in [1.807, 2.05) is 18.2 Å². The van der Waals surface area contributed by atoms with Crippen molar-refractivity contribution in [1.82, 2.24) is 4.98 Å². The van der Waals surface area contributed by atoms with Gasteiger partial charge >= 0.3 is 0 Å². The minimum absolute atomic E-state index is 0.117. The van der Waals surface area contributed by atoms with Gasteiger partial charge in [0.1, 0.15) is 5.82 Å². The van der Waals surface area contributed by atoms with E-state index in [1.165, 1.54) is 6.42 Å². The van der Waals surface area contributed by atoms with E-state index in [9.17, 15) is 4.79 Å². The van der Waals surface area contributed by atoms with Crippen molar-refractivity contribution in [2.45, 2.75) is 39.0 Å². The van der Waals surface area contributed by atoms with Crippen molar-refractivity contribution < 1.29 is 4.79 Å². The number of amides is 1. The molecule has 0 radical (unpaired) electrons. The molecule has 3 nitrogen and oxygen atoms in total. The van der Waals surface area contributed by atoms with Gasteiger partial charge in [0.25, 0.3) is 0 Å². The van der Waals surface area contributed by atoms with Gasteiger partial charge in [-0.3, -0.25) is 4.79 Å². The van der Waals surface area contributed by atoms with Gasteiger partial charge in [-0.25, -0.2) is 4.98 Å². The third kappa shape index (κ3) is 2.40. The molecule has 0 aliphatic heterocycles. The Balaban J connectivity index is 2.02. The Morgan fingerprint density at radius 1 is 1.31 bits per heavy atom. The van der Waals surface area contributed by atoms with Crippen molar-refractivity contribution >= 4 is 11.7 Å². The van der Waals surface area contributed by atoms with Crippen molar-refractivity contribution in [2.75, 3.05) is 5.32 Å². The molecule has 3 heteroatoms. The number of carbonyl (C=O) groups is 1. The standard InChI is InChI=1S/C13H18N2O/c1-13(8-4-2-5-9-13)12(16)15-11-7-3-6-10-14-11/h3,6-7,10H,2,4-5,8-9H2,1H3,(H,14,15,16). The molecule has 0 unspecified atom stereocenters. The van der Waals surface area contributed by atoms with Crippen molar-refractivity contribution in [2.24, 2.45) is 5.41 Å². The molecule has 0 atom stereocenters. The molecule has 86 valence electrons. The summed E-state index contributed by atoms with van der Waals surface area (Å²) in [6.45, 7) is 2.06. The summed E-state index contributed by atoms with van der Waals surface area (Å²) in [7, 11) is 0. The van der Waals surface area contributed by atoms with Gasteiger partial charge in [-0.15, -0.1) is 0 Å². The SMILES string of the molecule is CC1(C(=O)Nc2ccccn2)CCCCC1. The second-order valence-electron chi connectivity index (χ2n) is 4.79. The van der Waals surface area contributed by atoms with Crippen LogP contribution in [-0.4, -0.2) is 10.9 Å². The van der Waals surface area contributed by atoms with Crippen molar-refractivity contribution in [3.05, 3.63) is 24.4 Å². The highest BCUT2D eigenvalue weighted by Gasteiger charge is 2.34. The summed E-state index contributed by atoms with van der Waals surface area (Å²) in [4.78, 5) is 16.3. The van der Waals surface area contributed by atoms with Crippen LogP contribution in [0.5, 0.6) is 0 Å². The predicted molar refractivity (Wildman–Crippen MR) is 64.1 cm³/mol. The minimum atomic E-state index is -0.199. The molecule has 1 aromatic heterocycles. The Labute approximate surface area is 96.3 Å². The molecule has 1 heterocycles. The summed E-state index contributed by atoms with van der Waals surface area (Å²) in [5, 5.41) is 2.90. The highest BCUT2D eigenvalue weighted by molar-refractivity contribution is 5.94. The van der Waals surface area contributed by atoms with Gasteiger partial charge in [0.05, 0.1) is 0 Å². The second-order valence-corrected chi connectivity index (χ2v) is 4.79. The first-order valence-electron chi connectivity index (χ1n) is 5.93. The average molecular weight is 218 g/mol. The molecule has 1 aliphatic carbocycles. The largest absolute Gasteiger partial charge is 0.310 e. The predicted octanol–water partition coefficient (Wildman–Crippen LogP) is 2.99. The fraction of sp³-hybridized carbons (Fsp3) is 0.538. The van der Waals surface area contributed by atoms with Crippen LogP contribution < -0.4 is 5.32 Å². The molecule has 0 bridgehead atoms. The third-order valence-corrected chi connectivity index (χ3v) is 3.41. The monoisotopic (exact) mass is 218 g/mol. The highest BCUT2D eigenvalue weighted by Crippen LogP contribution is 2.36. The highest BCUT2D eigenvalue weighted by atomic mass is 16.2. The van der Waals surface area contributed by atoms with E-state index >= 15 is 0 Å². The van der Waals surface area contributed by atoms with E-state index in [0.717, 1.165) is 25.7 Å². The lowest BCUT2D eigenvalue weighted by molar-refractivity contribution is -0.126. The molecule has 0 aromatic carbocycles. The minimum Gasteiger partial charge on any atom is -0.310 e. The molecule has 1 saturated carbocycles. The maximum Gasteiger partial charge on any atom is 0.231 e. The van der Waals surface area contributed by atoms with Crippen LogP contribution in [-0.2, 0) is 4.79 Å². The number of pyridine rings is 1. The van der Waals surface area contributed by atoms with E-state index in [4.69, 9.17) is 0 Å². The molecule has 1 N–H and O–H groups in total. The second kappa shape index (κ2) is 4.64. The Morgan fingerprint density at radius 2 is 2.06 bits per heavy atom. The Bertz CT molecular complexity index is 355. The summed E-state index contributed by atoms with van der Waals surface area (Å²) in [6, 6.07) is 5.55. The van der Waals surface area contributed by atoms with Gasteiger partial charge in [-0.05, 0) is 25.0 Å². The van der Waals surface area contributed by atoms with Gasteiger partial charge < -0.3 is 5.32 Å². The summed E-state index contributed by atoms with van der Waals surface area (Å²) >= 11 is 0. The maximum absolute atomic E-state index is 12.1. The molecule has 1 amide bonds. The molecule has 0 saturated heterocycles. The van der Waals surface area contributed by atoms with E-state index in [0.29, 0.717) is 5.82 Å². The zero-order valence-electron chi connectivity index (χ0n) is 9.70. The molecule has 1 fully saturated rings. The number of hydrogen-bond donors (Lipinski definition) is 1. The van der Waals surface area contributed by atoms with Crippen molar-refractivity contribution in [3.8, 4) is 0 Å². The lowest BCUT2D eigenvalue weighted by atomic mass is 9.75. The van der Waals surface area contributed by atoms with Crippen LogP contribution in [0.25, 0.3) is 0 Å². The molecular weight excluding hydrogens is 200 g/mol. The van der Waals surface area contributed by atoms with E-state index in [2.05, 4.69) is 17.2 Å². The van der Waals surface area contributed by atoms with Crippen LogP contribution in [0.4, 0.5) is 5.82 Å². The number of nitrogens with zero attached hydrogens (tertiary/aromatic N) is 1. The topological polar surface area (TPSA) is 42.0 Å². The maximum atomic E-state index is 12.1. The van der Waals surface area contributed by atoms with Crippen LogP contribution >= 0.6 is 0 Å². The Morgan fingerprint density at radius 3 is 2.69 bits per heavy atom. The quantitative estimate of drug-likeness (QED) is 0.829. The molecular formula is C13H18N2O. The number of hydrogen-bond acceptors (Lipinski definition) is 2. The Hall–Kier alpha value is -1.38. The summed E-state index contributed by atoms with van der Waals surface area (Å²) in [5.41, 5.74) is -0.199.